The van der Waals surface area contributed by atoms with Crippen molar-refractivity contribution in [2.24, 2.45) is 0 Å². The van der Waals surface area contributed by atoms with Gasteiger partial charge in [-0.2, -0.15) is 0 Å². The van der Waals surface area contributed by atoms with Gasteiger partial charge in [-0.25, -0.2) is 9.59 Å². The van der Waals surface area contributed by atoms with Gasteiger partial charge in [-0.1, -0.05) is 6.07 Å². The van der Waals surface area contributed by atoms with Gasteiger partial charge in [0.05, 0.1) is 25.2 Å². The van der Waals surface area contributed by atoms with Crippen LogP contribution in [0.15, 0.2) is 51.7 Å². The Morgan fingerprint density at radius 1 is 1.07 bits per heavy atom. The monoisotopic (exact) mass is 371 g/mol. The van der Waals surface area contributed by atoms with Gasteiger partial charge in [-0.05, 0) is 18.2 Å². The third kappa shape index (κ3) is 3.56. The van der Waals surface area contributed by atoms with E-state index in [0.29, 0.717) is 5.75 Å². The zero-order valence-electron chi connectivity index (χ0n) is 14.3. The van der Waals surface area contributed by atoms with E-state index in [2.05, 4.69) is 0 Å². The summed E-state index contributed by atoms with van der Waals surface area (Å²) in [6.45, 7) is 0. The molecule has 1 aromatic heterocycles. The van der Waals surface area contributed by atoms with Gasteiger partial charge in [-0.3, -0.25) is 10.1 Å². The molecular formula is C18H13NO8. The summed E-state index contributed by atoms with van der Waals surface area (Å²) >= 11 is 0. The molecule has 0 aliphatic rings. The van der Waals surface area contributed by atoms with E-state index in [-0.39, 0.29) is 28.2 Å². The Labute approximate surface area is 151 Å². The van der Waals surface area contributed by atoms with Crippen LogP contribution in [0.2, 0.25) is 0 Å². The molecule has 3 aromatic rings. The molecule has 0 spiro atoms. The average Bonchev–Trinajstić information content (AvgIpc) is 2.66. The molecule has 0 fully saturated rings. The number of carbonyl (C=O) groups excluding carboxylic acids is 1. The van der Waals surface area contributed by atoms with Crippen LogP contribution in [0.25, 0.3) is 11.0 Å². The van der Waals surface area contributed by atoms with E-state index in [1.165, 1.54) is 38.5 Å². The van der Waals surface area contributed by atoms with Gasteiger partial charge in [0, 0.05) is 17.5 Å². The molecule has 9 nitrogen and oxygen atoms in total. The zero-order chi connectivity index (χ0) is 19.6. The van der Waals surface area contributed by atoms with Crippen LogP contribution in [0, 0.1) is 10.1 Å². The molecule has 27 heavy (non-hydrogen) atoms. The molecule has 0 unspecified atom stereocenters. The first-order valence-corrected chi connectivity index (χ1v) is 7.59. The molecule has 0 N–H and O–H groups in total. The molecule has 0 amide bonds. The molecule has 9 heteroatoms. The van der Waals surface area contributed by atoms with E-state index in [9.17, 15) is 19.7 Å². The third-order valence-electron chi connectivity index (χ3n) is 3.69. The number of hydrogen-bond acceptors (Lipinski definition) is 8. The normalized spacial score (nSPS) is 10.4. The van der Waals surface area contributed by atoms with Crippen LogP contribution < -0.4 is 19.8 Å². The first-order valence-electron chi connectivity index (χ1n) is 7.59. The highest BCUT2D eigenvalue weighted by Crippen LogP contribution is 2.30. The summed E-state index contributed by atoms with van der Waals surface area (Å²) in [6, 6.07) is 9.71. The van der Waals surface area contributed by atoms with Crippen molar-refractivity contribution in [3.05, 3.63) is 68.6 Å². The number of rotatable bonds is 5. The maximum Gasteiger partial charge on any atom is 0.351 e. The van der Waals surface area contributed by atoms with Crippen molar-refractivity contribution in [3.63, 3.8) is 0 Å². The van der Waals surface area contributed by atoms with Crippen molar-refractivity contribution in [3.8, 4) is 17.2 Å². The van der Waals surface area contributed by atoms with Crippen molar-refractivity contribution >= 4 is 22.6 Å². The SMILES string of the molecule is COc1cccc(OC(=O)c2cc3cc([N+](=O)[O-])cc(OC)c3oc2=O)c1. The summed E-state index contributed by atoms with van der Waals surface area (Å²) in [6.07, 6.45) is 0. The van der Waals surface area contributed by atoms with Crippen LogP contribution in [0.5, 0.6) is 17.2 Å². The first-order chi connectivity index (χ1) is 12.9. The van der Waals surface area contributed by atoms with Gasteiger partial charge in [0.25, 0.3) is 5.69 Å². The number of esters is 1. The number of carbonyl (C=O) groups is 1. The number of benzene rings is 2. The molecule has 2 aromatic carbocycles. The molecule has 0 atom stereocenters. The fraction of sp³-hybridized carbons (Fsp3) is 0.111. The number of methoxy groups -OCH3 is 2. The van der Waals surface area contributed by atoms with Crippen molar-refractivity contribution in [1.29, 1.82) is 0 Å². The van der Waals surface area contributed by atoms with Gasteiger partial charge < -0.3 is 18.6 Å². The largest absolute Gasteiger partial charge is 0.497 e. The second-order valence-electron chi connectivity index (χ2n) is 5.34. The highest BCUT2D eigenvalue weighted by molar-refractivity contribution is 5.95. The molecule has 0 saturated heterocycles. The molecule has 0 aliphatic carbocycles. The lowest BCUT2D eigenvalue weighted by Gasteiger charge is -2.07. The summed E-state index contributed by atoms with van der Waals surface area (Å²) in [5.74, 6) is -0.338. The van der Waals surface area contributed by atoms with E-state index < -0.39 is 22.1 Å². The number of fused-ring (bicyclic) bond motifs is 1. The Kier molecular flexibility index (Phi) is 4.75. The minimum Gasteiger partial charge on any atom is -0.497 e. The maximum absolute atomic E-state index is 12.4. The van der Waals surface area contributed by atoms with Gasteiger partial charge in [0.15, 0.2) is 11.3 Å². The number of non-ortho nitro benzene ring substituents is 1. The quantitative estimate of drug-likeness (QED) is 0.221. The van der Waals surface area contributed by atoms with Crippen molar-refractivity contribution < 1.29 is 28.3 Å². The topological polar surface area (TPSA) is 118 Å². The lowest BCUT2D eigenvalue weighted by molar-refractivity contribution is -0.384. The molecule has 3 rings (SSSR count). The zero-order valence-corrected chi connectivity index (χ0v) is 14.3. The van der Waals surface area contributed by atoms with Crippen LogP contribution in [0.1, 0.15) is 10.4 Å². The lowest BCUT2D eigenvalue weighted by atomic mass is 10.1. The predicted molar refractivity (Wildman–Crippen MR) is 93.6 cm³/mol. The fourth-order valence-electron chi connectivity index (χ4n) is 2.41. The lowest BCUT2D eigenvalue weighted by Crippen LogP contribution is -2.18. The van der Waals surface area contributed by atoms with Crippen LogP contribution in [-0.2, 0) is 0 Å². The second kappa shape index (κ2) is 7.16. The predicted octanol–water partition coefficient (Wildman–Crippen LogP) is 2.94. The molecule has 0 bridgehead atoms. The van der Waals surface area contributed by atoms with Gasteiger partial charge in [0.1, 0.15) is 17.1 Å². The summed E-state index contributed by atoms with van der Waals surface area (Å²) in [7, 11) is 2.74. The van der Waals surface area contributed by atoms with E-state index in [1.807, 2.05) is 0 Å². The summed E-state index contributed by atoms with van der Waals surface area (Å²) < 4.78 is 20.4. The Morgan fingerprint density at radius 3 is 2.48 bits per heavy atom. The Hall–Kier alpha value is -3.88. The van der Waals surface area contributed by atoms with Crippen molar-refractivity contribution in [2.45, 2.75) is 0 Å². The van der Waals surface area contributed by atoms with Gasteiger partial charge in [-0.15, -0.1) is 0 Å². The van der Waals surface area contributed by atoms with E-state index in [1.54, 1.807) is 12.1 Å². The van der Waals surface area contributed by atoms with Crippen LogP contribution in [0.3, 0.4) is 0 Å². The molecule has 0 radical (unpaired) electrons. The van der Waals surface area contributed by atoms with Crippen molar-refractivity contribution in [1.82, 2.24) is 0 Å². The highest BCUT2D eigenvalue weighted by atomic mass is 16.6. The van der Waals surface area contributed by atoms with E-state index in [4.69, 9.17) is 18.6 Å². The highest BCUT2D eigenvalue weighted by Gasteiger charge is 2.20. The number of hydrogen-bond donors (Lipinski definition) is 0. The maximum atomic E-state index is 12.4. The third-order valence-corrected chi connectivity index (χ3v) is 3.69. The Bertz CT molecular complexity index is 1100. The minimum atomic E-state index is -0.968. The standard InChI is InChI=1S/C18H13NO8/c1-24-12-4-3-5-13(9-12)26-17(20)14-7-10-6-11(19(22)23)8-15(25-2)16(10)27-18(14)21/h3-9H,1-2H3. The number of ether oxygens (including phenoxy) is 3. The molecular weight excluding hydrogens is 358 g/mol. The number of nitro benzene ring substituents is 1. The molecule has 0 saturated carbocycles. The van der Waals surface area contributed by atoms with Crippen molar-refractivity contribution in [2.75, 3.05) is 14.2 Å². The van der Waals surface area contributed by atoms with Gasteiger partial charge in [0.2, 0.25) is 0 Å². The average molecular weight is 371 g/mol. The van der Waals surface area contributed by atoms with E-state index in [0.717, 1.165) is 6.07 Å². The van der Waals surface area contributed by atoms with Crippen LogP contribution in [-0.4, -0.2) is 25.1 Å². The first kappa shape index (κ1) is 17.9. The summed E-state index contributed by atoms with van der Waals surface area (Å²) in [4.78, 5) is 35.0. The Balaban J connectivity index is 2.05. The Morgan fingerprint density at radius 2 is 1.81 bits per heavy atom. The summed E-state index contributed by atoms with van der Waals surface area (Å²) in [5.41, 5.74) is -1.65. The molecule has 138 valence electrons. The number of nitrogens with zero attached hydrogens (tertiary/aromatic N) is 1. The fourth-order valence-corrected chi connectivity index (χ4v) is 2.41. The molecule has 1 heterocycles. The molecule has 0 aliphatic heterocycles. The van der Waals surface area contributed by atoms with Crippen LogP contribution in [0.4, 0.5) is 5.69 Å². The van der Waals surface area contributed by atoms with E-state index >= 15 is 0 Å². The second-order valence-corrected chi connectivity index (χ2v) is 5.34. The van der Waals surface area contributed by atoms with Gasteiger partial charge >= 0.3 is 11.6 Å². The number of nitro groups is 1. The van der Waals surface area contributed by atoms with Crippen LogP contribution >= 0.6 is 0 Å². The minimum absolute atomic E-state index is 0.00372. The summed E-state index contributed by atoms with van der Waals surface area (Å²) in [5, 5.41) is 11.2. The smallest absolute Gasteiger partial charge is 0.351 e.